The Morgan fingerprint density at radius 1 is 1.32 bits per heavy atom. The van der Waals surface area contributed by atoms with Gasteiger partial charge in [0.1, 0.15) is 5.75 Å². The van der Waals surface area contributed by atoms with E-state index in [9.17, 15) is 4.79 Å². The van der Waals surface area contributed by atoms with Crippen molar-refractivity contribution in [2.24, 2.45) is 0 Å². The van der Waals surface area contributed by atoms with E-state index in [0.717, 1.165) is 16.0 Å². The second kappa shape index (κ2) is 6.34. The first-order valence-electron chi connectivity index (χ1n) is 6.76. The van der Waals surface area contributed by atoms with Gasteiger partial charge >= 0.3 is 0 Å². The molecule has 0 saturated carbocycles. The SMILES string of the molecule is CCOc1ccc2nc(NC(=O)c3cccc(Cl)c3)sc2c1. The molecule has 112 valence electrons. The molecule has 0 saturated heterocycles. The monoisotopic (exact) mass is 332 g/mol. The van der Waals surface area contributed by atoms with Crippen molar-refractivity contribution in [3.8, 4) is 5.75 Å². The number of nitrogens with one attached hydrogen (secondary N) is 1. The molecule has 4 nitrogen and oxygen atoms in total. The topological polar surface area (TPSA) is 51.2 Å². The average molecular weight is 333 g/mol. The predicted molar refractivity (Wildman–Crippen MR) is 90.2 cm³/mol. The summed E-state index contributed by atoms with van der Waals surface area (Å²) in [6.07, 6.45) is 0. The number of anilines is 1. The van der Waals surface area contributed by atoms with Crippen molar-refractivity contribution >= 4 is 44.2 Å². The van der Waals surface area contributed by atoms with E-state index in [1.807, 2.05) is 25.1 Å². The number of nitrogens with zero attached hydrogens (tertiary/aromatic N) is 1. The van der Waals surface area contributed by atoms with E-state index in [1.165, 1.54) is 11.3 Å². The van der Waals surface area contributed by atoms with Gasteiger partial charge in [-0.2, -0.15) is 0 Å². The van der Waals surface area contributed by atoms with Crippen LogP contribution in [0.3, 0.4) is 0 Å². The van der Waals surface area contributed by atoms with Gasteiger partial charge in [-0.05, 0) is 43.3 Å². The van der Waals surface area contributed by atoms with Crippen molar-refractivity contribution in [3.05, 3.63) is 53.1 Å². The lowest BCUT2D eigenvalue weighted by Crippen LogP contribution is -2.11. The first kappa shape index (κ1) is 14.8. The summed E-state index contributed by atoms with van der Waals surface area (Å²) >= 11 is 7.30. The van der Waals surface area contributed by atoms with Gasteiger partial charge < -0.3 is 4.74 Å². The maximum Gasteiger partial charge on any atom is 0.257 e. The van der Waals surface area contributed by atoms with Crippen LogP contribution < -0.4 is 10.1 Å². The summed E-state index contributed by atoms with van der Waals surface area (Å²) in [4.78, 5) is 16.6. The number of carbonyl (C=O) groups is 1. The van der Waals surface area contributed by atoms with Crippen molar-refractivity contribution in [2.45, 2.75) is 6.92 Å². The smallest absolute Gasteiger partial charge is 0.257 e. The fraction of sp³-hybridized carbons (Fsp3) is 0.125. The molecule has 1 N–H and O–H groups in total. The molecule has 1 heterocycles. The van der Waals surface area contributed by atoms with E-state index in [4.69, 9.17) is 16.3 Å². The molecule has 0 radical (unpaired) electrons. The molecule has 6 heteroatoms. The summed E-state index contributed by atoms with van der Waals surface area (Å²) in [5.41, 5.74) is 1.33. The van der Waals surface area contributed by atoms with Crippen LogP contribution in [0.5, 0.6) is 5.75 Å². The molecule has 22 heavy (non-hydrogen) atoms. The van der Waals surface area contributed by atoms with Gasteiger partial charge in [-0.15, -0.1) is 0 Å². The molecule has 0 fully saturated rings. The third-order valence-electron chi connectivity index (χ3n) is 2.98. The third-order valence-corrected chi connectivity index (χ3v) is 4.15. The zero-order valence-corrected chi connectivity index (χ0v) is 13.4. The molecule has 0 aliphatic heterocycles. The van der Waals surface area contributed by atoms with Gasteiger partial charge in [0, 0.05) is 10.6 Å². The highest BCUT2D eigenvalue weighted by Gasteiger charge is 2.10. The maximum atomic E-state index is 12.2. The lowest BCUT2D eigenvalue weighted by atomic mass is 10.2. The molecule has 1 amide bonds. The van der Waals surface area contributed by atoms with Crippen LogP contribution in [0, 0.1) is 0 Å². The van der Waals surface area contributed by atoms with E-state index in [-0.39, 0.29) is 5.91 Å². The van der Waals surface area contributed by atoms with E-state index >= 15 is 0 Å². The fourth-order valence-corrected chi connectivity index (χ4v) is 3.09. The highest BCUT2D eigenvalue weighted by Crippen LogP contribution is 2.29. The Morgan fingerprint density at radius 2 is 2.18 bits per heavy atom. The second-order valence-corrected chi connectivity index (χ2v) is 6.01. The number of hydrogen-bond donors (Lipinski definition) is 1. The van der Waals surface area contributed by atoms with Crippen LogP contribution in [-0.2, 0) is 0 Å². The van der Waals surface area contributed by atoms with Crippen LogP contribution in [0.15, 0.2) is 42.5 Å². The van der Waals surface area contributed by atoms with Crippen molar-refractivity contribution < 1.29 is 9.53 Å². The van der Waals surface area contributed by atoms with Crippen LogP contribution in [0.25, 0.3) is 10.2 Å². The summed E-state index contributed by atoms with van der Waals surface area (Å²) in [7, 11) is 0. The average Bonchev–Trinajstić information content (AvgIpc) is 2.89. The molecule has 0 bridgehead atoms. The van der Waals surface area contributed by atoms with Gasteiger partial charge in [0.25, 0.3) is 5.91 Å². The zero-order chi connectivity index (χ0) is 15.5. The predicted octanol–water partition coefficient (Wildman–Crippen LogP) is 4.60. The highest BCUT2D eigenvalue weighted by molar-refractivity contribution is 7.22. The van der Waals surface area contributed by atoms with Gasteiger partial charge in [0.2, 0.25) is 0 Å². The Kier molecular flexibility index (Phi) is 4.27. The Bertz CT molecular complexity index is 832. The van der Waals surface area contributed by atoms with Crippen LogP contribution in [0.1, 0.15) is 17.3 Å². The van der Waals surface area contributed by atoms with E-state index in [0.29, 0.717) is 22.3 Å². The Hall–Kier alpha value is -2.11. The number of halogens is 1. The van der Waals surface area contributed by atoms with Gasteiger partial charge in [-0.25, -0.2) is 4.98 Å². The van der Waals surface area contributed by atoms with Crippen LogP contribution in [0.2, 0.25) is 5.02 Å². The minimum absolute atomic E-state index is 0.230. The zero-order valence-electron chi connectivity index (χ0n) is 11.8. The lowest BCUT2D eigenvalue weighted by molar-refractivity contribution is 0.102. The number of hydrogen-bond acceptors (Lipinski definition) is 4. The summed E-state index contributed by atoms with van der Waals surface area (Å²) in [6, 6.07) is 12.5. The molecule has 0 atom stereocenters. The minimum Gasteiger partial charge on any atom is -0.494 e. The number of ether oxygens (including phenoxy) is 1. The first-order chi connectivity index (χ1) is 10.7. The molecule has 0 aliphatic rings. The molecule has 3 aromatic rings. The Balaban J connectivity index is 1.83. The van der Waals surface area contributed by atoms with Crippen LogP contribution in [0.4, 0.5) is 5.13 Å². The Morgan fingerprint density at radius 3 is 2.95 bits per heavy atom. The number of amides is 1. The fourth-order valence-electron chi connectivity index (χ4n) is 2.01. The maximum absolute atomic E-state index is 12.2. The minimum atomic E-state index is -0.230. The molecule has 2 aromatic carbocycles. The van der Waals surface area contributed by atoms with E-state index in [1.54, 1.807) is 24.3 Å². The van der Waals surface area contributed by atoms with E-state index in [2.05, 4.69) is 10.3 Å². The molecule has 0 aliphatic carbocycles. The van der Waals surface area contributed by atoms with E-state index < -0.39 is 0 Å². The standard InChI is InChI=1S/C16H13ClN2O2S/c1-2-21-12-6-7-13-14(9-12)22-16(18-13)19-15(20)10-4-3-5-11(17)8-10/h3-9H,2H2,1H3,(H,18,19,20). The van der Waals surface area contributed by atoms with Crippen molar-refractivity contribution in [1.29, 1.82) is 0 Å². The number of thiazole rings is 1. The van der Waals surface area contributed by atoms with Gasteiger partial charge in [-0.1, -0.05) is 29.0 Å². The third kappa shape index (κ3) is 3.21. The normalized spacial score (nSPS) is 10.6. The number of fused-ring (bicyclic) bond motifs is 1. The lowest BCUT2D eigenvalue weighted by Gasteiger charge is -2.01. The van der Waals surface area contributed by atoms with Gasteiger partial charge in [-0.3, -0.25) is 10.1 Å². The van der Waals surface area contributed by atoms with Crippen molar-refractivity contribution in [1.82, 2.24) is 4.98 Å². The summed E-state index contributed by atoms with van der Waals surface area (Å²) in [5, 5.41) is 3.87. The number of aromatic nitrogens is 1. The summed E-state index contributed by atoms with van der Waals surface area (Å²) < 4.78 is 6.43. The number of rotatable bonds is 4. The Labute approximate surface area is 136 Å². The van der Waals surface area contributed by atoms with Crippen molar-refractivity contribution in [3.63, 3.8) is 0 Å². The molecule has 0 spiro atoms. The summed E-state index contributed by atoms with van der Waals surface area (Å²) in [5.74, 6) is 0.568. The molecule has 0 unspecified atom stereocenters. The largest absolute Gasteiger partial charge is 0.494 e. The summed E-state index contributed by atoms with van der Waals surface area (Å²) in [6.45, 7) is 2.55. The first-order valence-corrected chi connectivity index (χ1v) is 7.95. The van der Waals surface area contributed by atoms with Crippen LogP contribution >= 0.6 is 22.9 Å². The van der Waals surface area contributed by atoms with Gasteiger partial charge in [0.15, 0.2) is 5.13 Å². The van der Waals surface area contributed by atoms with Crippen molar-refractivity contribution in [2.75, 3.05) is 11.9 Å². The molecular formula is C16H13ClN2O2S. The quantitative estimate of drug-likeness (QED) is 0.759. The number of carbonyl (C=O) groups excluding carboxylic acids is 1. The molecule has 3 rings (SSSR count). The second-order valence-electron chi connectivity index (χ2n) is 4.55. The van der Waals surface area contributed by atoms with Crippen LogP contribution in [-0.4, -0.2) is 17.5 Å². The van der Waals surface area contributed by atoms with Gasteiger partial charge in [0.05, 0.1) is 16.8 Å². The highest BCUT2D eigenvalue weighted by atomic mass is 35.5. The number of benzene rings is 2. The molecular weight excluding hydrogens is 320 g/mol. The molecule has 1 aromatic heterocycles.